The highest BCUT2D eigenvalue weighted by Crippen LogP contribution is 2.21. The van der Waals surface area contributed by atoms with Crippen molar-refractivity contribution in [3.05, 3.63) is 46.2 Å². The average molecular weight is 370 g/mol. The number of imidazole rings is 1. The fourth-order valence-electron chi connectivity index (χ4n) is 4.28. The number of aromatic nitrogens is 4. The van der Waals surface area contributed by atoms with Crippen LogP contribution >= 0.6 is 0 Å². The van der Waals surface area contributed by atoms with Crippen LogP contribution in [0.1, 0.15) is 62.7 Å². The Morgan fingerprint density at radius 3 is 2.70 bits per heavy atom. The second-order valence-electron chi connectivity index (χ2n) is 8.48. The summed E-state index contributed by atoms with van der Waals surface area (Å²) in [5.74, 6) is 2.12. The lowest BCUT2D eigenvalue weighted by molar-refractivity contribution is 0.165. The standard InChI is InChI=1S/C21H31N5O/c1-16(2)19-11-21(27)26(15-22-19)12-17-6-9-24(10-7-17)13-18-14-25-8-4-3-5-20(25)23-18/h11,14-17H,3-10,12-13H2,1-2H3. The zero-order valence-corrected chi connectivity index (χ0v) is 16.6. The van der Waals surface area contributed by atoms with E-state index in [0.717, 1.165) is 57.7 Å². The molecule has 2 aromatic heterocycles. The Balaban J connectivity index is 1.30. The normalized spacial score (nSPS) is 18.8. The first-order valence-corrected chi connectivity index (χ1v) is 10.4. The van der Waals surface area contributed by atoms with E-state index in [9.17, 15) is 4.79 Å². The molecule has 0 spiro atoms. The summed E-state index contributed by atoms with van der Waals surface area (Å²) in [6.07, 6.45) is 9.93. The summed E-state index contributed by atoms with van der Waals surface area (Å²) in [5.41, 5.74) is 2.18. The predicted molar refractivity (Wildman–Crippen MR) is 106 cm³/mol. The Kier molecular flexibility index (Phi) is 5.43. The van der Waals surface area contributed by atoms with Crippen molar-refractivity contribution in [2.75, 3.05) is 13.1 Å². The van der Waals surface area contributed by atoms with Gasteiger partial charge in [0.1, 0.15) is 5.82 Å². The lowest BCUT2D eigenvalue weighted by Crippen LogP contribution is -2.36. The number of likely N-dealkylation sites (tertiary alicyclic amines) is 1. The molecule has 2 aromatic rings. The molecule has 1 fully saturated rings. The Bertz CT molecular complexity index is 806. The Labute approximate surface area is 161 Å². The maximum Gasteiger partial charge on any atom is 0.253 e. The van der Waals surface area contributed by atoms with Crippen LogP contribution in [0.3, 0.4) is 0 Å². The minimum absolute atomic E-state index is 0.0831. The maximum atomic E-state index is 12.3. The summed E-state index contributed by atoms with van der Waals surface area (Å²) in [5, 5.41) is 0. The van der Waals surface area contributed by atoms with Crippen LogP contribution in [0.2, 0.25) is 0 Å². The second kappa shape index (κ2) is 7.97. The van der Waals surface area contributed by atoms with Crippen LogP contribution in [0.4, 0.5) is 0 Å². The van der Waals surface area contributed by atoms with Crippen LogP contribution in [0, 0.1) is 5.92 Å². The molecule has 0 radical (unpaired) electrons. The molecule has 6 heteroatoms. The van der Waals surface area contributed by atoms with E-state index < -0.39 is 0 Å². The summed E-state index contributed by atoms with van der Waals surface area (Å²) in [7, 11) is 0. The van der Waals surface area contributed by atoms with Gasteiger partial charge < -0.3 is 4.57 Å². The summed E-state index contributed by atoms with van der Waals surface area (Å²) < 4.78 is 4.13. The predicted octanol–water partition coefficient (Wildman–Crippen LogP) is 2.81. The largest absolute Gasteiger partial charge is 0.335 e. The third-order valence-corrected chi connectivity index (χ3v) is 6.00. The van der Waals surface area contributed by atoms with Crippen LogP contribution in [0.15, 0.2) is 23.4 Å². The third kappa shape index (κ3) is 4.32. The number of hydrogen-bond donors (Lipinski definition) is 0. The number of piperidine rings is 1. The van der Waals surface area contributed by atoms with Crippen molar-refractivity contribution in [1.29, 1.82) is 0 Å². The maximum absolute atomic E-state index is 12.3. The Morgan fingerprint density at radius 2 is 2.00 bits per heavy atom. The molecule has 6 nitrogen and oxygen atoms in total. The molecule has 2 aliphatic rings. The molecule has 0 unspecified atom stereocenters. The molecule has 0 amide bonds. The van der Waals surface area contributed by atoms with Gasteiger partial charge in [-0.3, -0.25) is 14.3 Å². The van der Waals surface area contributed by atoms with Crippen LogP contribution in [0.5, 0.6) is 0 Å². The molecule has 0 atom stereocenters. The third-order valence-electron chi connectivity index (χ3n) is 6.00. The van der Waals surface area contributed by atoms with Gasteiger partial charge in [-0.15, -0.1) is 0 Å². The van der Waals surface area contributed by atoms with Gasteiger partial charge in [0, 0.05) is 38.3 Å². The van der Waals surface area contributed by atoms with Crippen molar-refractivity contribution in [1.82, 2.24) is 24.0 Å². The zero-order valence-electron chi connectivity index (χ0n) is 16.6. The molecule has 0 aliphatic carbocycles. The first-order chi connectivity index (χ1) is 13.1. The van der Waals surface area contributed by atoms with Crippen LogP contribution < -0.4 is 5.56 Å². The van der Waals surface area contributed by atoms with E-state index in [1.807, 2.05) is 0 Å². The topological polar surface area (TPSA) is 56.0 Å². The van der Waals surface area contributed by atoms with Gasteiger partial charge in [0.15, 0.2) is 0 Å². The van der Waals surface area contributed by atoms with Gasteiger partial charge in [0.05, 0.1) is 17.7 Å². The number of rotatable bonds is 5. The minimum Gasteiger partial charge on any atom is -0.335 e. The van der Waals surface area contributed by atoms with Crippen molar-refractivity contribution >= 4 is 0 Å². The van der Waals surface area contributed by atoms with Crippen molar-refractivity contribution in [2.24, 2.45) is 5.92 Å². The van der Waals surface area contributed by atoms with Gasteiger partial charge in [-0.1, -0.05) is 13.8 Å². The molecule has 0 saturated carbocycles. The van der Waals surface area contributed by atoms with Crippen LogP contribution in [-0.4, -0.2) is 37.1 Å². The minimum atomic E-state index is 0.0831. The molecular weight excluding hydrogens is 338 g/mol. The van der Waals surface area contributed by atoms with Gasteiger partial charge in [0.25, 0.3) is 5.56 Å². The molecule has 27 heavy (non-hydrogen) atoms. The molecule has 2 aliphatic heterocycles. The highest BCUT2D eigenvalue weighted by atomic mass is 16.1. The molecule has 146 valence electrons. The van der Waals surface area contributed by atoms with Crippen molar-refractivity contribution in [3.8, 4) is 0 Å². The number of fused-ring (bicyclic) bond motifs is 1. The average Bonchev–Trinajstić information content (AvgIpc) is 3.07. The van der Waals surface area contributed by atoms with E-state index in [1.54, 1.807) is 17.0 Å². The smallest absolute Gasteiger partial charge is 0.253 e. The summed E-state index contributed by atoms with van der Waals surface area (Å²) in [4.78, 5) is 24.1. The second-order valence-corrected chi connectivity index (χ2v) is 8.48. The lowest BCUT2D eigenvalue weighted by Gasteiger charge is -2.31. The van der Waals surface area contributed by atoms with Gasteiger partial charge in [0.2, 0.25) is 0 Å². The van der Waals surface area contributed by atoms with E-state index in [0.29, 0.717) is 11.8 Å². The summed E-state index contributed by atoms with van der Waals surface area (Å²) >= 11 is 0. The summed E-state index contributed by atoms with van der Waals surface area (Å²) in [6.45, 7) is 9.17. The van der Waals surface area contributed by atoms with Crippen molar-refractivity contribution in [3.63, 3.8) is 0 Å². The van der Waals surface area contributed by atoms with E-state index in [-0.39, 0.29) is 5.56 Å². The first kappa shape index (κ1) is 18.4. The van der Waals surface area contributed by atoms with Gasteiger partial charge in [-0.25, -0.2) is 9.97 Å². The number of nitrogens with zero attached hydrogens (tertiary/aromatic N) is 5. The van der Waals surface area contributed by atoms with Gasteiger partial charge in [-0.2, -0.15) is 0 Å². The number of aryl methyl sites for hydroxylation is 2. The van der Waals surface area contributed by atoms with Crippen LogP contribution in [-0.2, 0) is 26.1 Å². The SMILES string of the molecule is CC(C)c1cc(=O)n(CC2CCN(Cc3cn4c(n3)CCCC4)CC2)cn1. The Hall–Kier alpha value is -1.95. The van der Waals surface area contributed by atoms with Gasteiger partial charge >= 0.3 is 0 Å². The molecule has 1 saturated heterocycles. The highest BCUT2D eigenvalue weighted by Gasteiger charge is 2.21. The van der Waals surface area contributed by atoms with E-state index >= 15 is 0 Å². The fourth-order valence-corrected chi connectivity index (χ4v) is 4.28. The summed E-state index contributed by atoms with van der Waals surface area (Å²) in [6, 6.07) is 1.69. The first-order valence-electron chi connectivity index (χ1n) is 10.4. The van der Waals surface area contributed by atoms with Crippen molar-refractivity contribution < 1.29 is 0 Å². The highest BCUT2D eigenvalue weighted by molar-refractivity contribution is 5.07. The van der Waals surface area contributed by atoms with E-state index in [4.69, 9.17) is 4.98 Å². The van der Waals surface area contributed by atoms with Gasteiger partial charge in [-0.05, 0) is 50.6 Å². The molecule has 4 heterocycles. The molecule has 4 rings (SSSR count). The molecule has 0 aromatic carbocycles. The molecule has 0 bridgehead atoms. The van der Waals surface area contributed by atoms with Crippen molar-refractivity contribution in [2.45, 2.75) is 71.5 Å². The van der Waals surface area contributed by atoms with Crippen LogP contribution in [0.25, 0.3) is 0 Å². The fraction of sp³-hybridized carbons (Fsp3) is 0.667. The lowest BCUT2D eigenvalue weighted by atomic mass is 9.96. The van der Waals surface area contributed by atoms with E-state index in [2.05, 4.69) is 34.5 Å². The molecule has 0 N–H and O–H groups in total. The monoisotopic (exact) mass is 369 g/mol. The molecular formula is C21H31N5O. The zero-order chi connectivity index (χ0) is 18.8. The van der Waals surface area contributed by atoms with E-state index in [1.165, 1.54) is 24.4 Å². The number of hydrogen-bond acceptors (Lipinski definition) is 4. The Morgan fingerprint density at radius 1 is 1.19 bits per heavy atom. The quantitative estimate of drug-likeness (QED) is 0.813.